The summed E-state index contributed by atoms with van der Waals surface area (Å²) in [6, 6.07) is -1.80. The van der Waals surface area contributed by atoms with Crippen LogP contribution in [-0.2, 0) is 4.79 Å². The van der Waals surface area contributed by atoms with Crippen LogP contribution in [0.4, 0.5) is 13.2 Å². The maximum atomic E-state index is 11.9. The van der Waals surface area contributed by atoms with E-state index < -0.39 is 28.8 Å². The quantitative estimate of drug-likeness (QED) is 0.471. The zero-order valence-corrected chi connectivity index (χ0v) is 6.49. The molecule has 0 aliphatic carbocycles. The highest BCUT2D eigenvalue weighted by Crippen LogP contribution is 2.21. The van der Waals surface area contributed by atoms with Crippen molar-refractivity contribution >= 4 is 11.6 Å². The lowest BCUT2D eigenvalue weighted by atomic mass is 10.1. The van der Waals surface area contributed by atoms with Gasteiger partial charge in [0, 0.05) is 11.0 Å². The fourth-order valence-corrected chi connectivity index (χ4v) is 0.805. The molecule has 0 spiro atoms. The SMILES string of the molecule is O=C1N=C(C(F)(F)F)C=C[C@H]1[N+](=O)[O-]. The number of carbonyl (C=O) groups excluding carboxylic acids is 1. The van der Waals surface area contributed by atoms with Crippen LogP contribution in [0.25, 0.3) is 0 Å². The second-order valence-electron chi connectivity index (χ2n) is 2.42. The van der Waals surface area contributed by atoms with Crippen molar-refractivity contribution in [1.29, 1.82) is 0 Å². The van der Waals surface area contributed by atoms with Gasteiger partial charge in [-0.15, -0.1) is 0 Å². The van der Waals surface area contributed by atoms with E-state index in [-0.39, 0.29) is 0 Å². The van der Waals surface area contributed by atoms with Crippen molar-refractivity contribution in [2.75, 3.05) is 0 Å². The van der Waals surface area contributed by atoms with E-state index in [1.807, 2.05) is 0 Å². The minimum Gasteiger partial charge on any atom is -0.264 e. The Bertz CT molecular complexity index is 345. The molecule has 5 nitrogen and oxygen atoms in total. The number of carbonyl (C=O) groups is 1. The number of dihydropyridines is 1. The monoisotopic (exact) mass is 208 g/mol. The summed E-state index contributed by atoms with van der Waals surface area (Å²) in [6.45, 7) is 0. The first-order chi connectivity index (χ1) is 6.32. The van der Waals surface area contributed by atoms with Gasteiger partial charge in [0.25, 0.3) is 0 Å². The van der Waals surface area contributed by atoms with Crippen molar-refractivity contribution in [3.63, 3.8) is 0 Å². The predicted molar refractivity (Wildman–Crippen MR) is 38.4 cm³/mol. The summed E-state index contributed by atoms with van der Waals surface area (Å²) in [7, 11) is 0. The van der Waals surface area contributed by atoms with Crippen LogP contribution in [0.5, 0.6) is 0 Å². The Morgan fingerprint density at radius 1 is 1.50 bits per heavy atom. The second kappa shape index (κ2) is 3.20. The standard InChI is InChI=1S/C6H3F3N2O3/c7-6(8,9)4-2-1-3(11(13)14)5(12)10-4/h1-3H/t3-/m1/s1. The number of aliphatic imine (C=N–C) groups is 1. The molecule has 0 radical (unpaired) electrons. The smallest absolute Gasteiger partial charge is 0.264 e. The first-order valence-electron chi connectivity index (χ1n) is 3.34. The number of alkyl halides is 3. The van der Waals surface area contributed by atoms with Crippen LogP contribution in [-0.4, -0.2) is 28.8 Å². The van der Waals surface area contributed by atoms with Gasteiger partial charge in [0.05, 0.1) is 0 Å². The average molecular weight is 208 g/mol. The lowest BCUT2D eigenvalue weighted by molar-refractivity contribution is -0.495. The van der Waals surface area contributed by atoms with Crippen LogP contribution in [0.1, 0.15) is 0 Å². The topological polar surface area (TPSA) is 72.6 Å². The Balaban J connectivity index is 2.94. The Kier molecular flexibility index (Phi) is 2.37. The van der Waals surface area contributed by atoms with Gasteiger partial charge in [-0.2, -0.15) is 13.2 Å². The van der Waals surface area contributed by atoms with Crippen LogP contribution in [0.15, 0.2) is 17.1 Å². The normalized spacial score (nSPS) is 22.1. The molecule has 0 saturated carbocycles. The summed E-state index contributed by atoms with van der Waals surface area (Å²) in [6.07, 6.45) is -3.76. The van der Waals surface area contributed by atoms with Crippen LogP contribution in [0.2, 0.25) is 0 Å². The maximum absolute atomic E-state index is 11.9. The number of halogens is 3. The minimum absolute atomic E-state index is 0.425. The summed E-state index contributed by atoms with van der Waals surface area (Å²) >= 11 is 0. The van der Waals surface area contributed by atoms with Crippen LogP contribution in [0.3, 0.4) is 0 Å². The van der Waals surface area contributed by atoms with E-state index in [4.69, 9.17) is 0 Å². The van der Waals surface area contributed by atoms with Gasteiger partial charge in [0.2, 0.25) is 0 Å². The number of rotatable bonds is 1. The zero-order chi connectivity index (χ0) is 10.9. The van der Waals surface area contributed by atoms with Gasteiger partial charge in [-0.05, 0) is 6.08 Å². The number of hydrogen-bond donors (Lipinski definition) is 0. The molecule has 1 heterocycles. The van der Waals surface area contributed by atoms with E-state index in [0.717, 1.165) is 0 Å². The van der Waals surface area contributed by atoms with Gasteiger partial charge >= 0.3 is 18.1 Å². The minimum atomic E-state index is -4.76. The van der Waals surface area contributed by atoms with Crippen molar-refractivity contribution in [3.05, 3.63) is 22.3 Å². The van der Waals surface area contributed by atoms with Gasteiger partial charge in [-0.25, -0.2) is 4.99 Å². The van der Waals surface area contributed by atoms with Gasteiger partial charge in [0.15, 0.2) is 0 Å². The third kappa shape index (κ3) is 1.95. The second-order valence-corrected chi connectivity index (χ2v) is 2.42. The number of amides is 1. The lowest BCUT2D eigenvalue weighted by Gasteiger charge is -2.10. The first kappa shape index (κ1) is 10.4. The molecule has 0 N–H and O–H groups in total. The largest absolute Gasteiger partial charge is 0.433 e. The summed E-state index contributed by atoms with van der Waals surface area (Å²) < 4.78 is 35.8. The van der Waals surface area contributed by atoms with Crippen molar-refractivity contribution in [3.8, 4) is 0 Å². The van der Waals surface area contributed by atoms with Gasteiger partial charge < -0.3 is 0 Å². The fourth-order valence-electron chi connectivity index (χ4n) is 0.805. The Morgan fingerprint density at radius 2 is 2.07 bits per heavy atom. The molecule has 1 aliphatic rings. The Morgan fingerprint density at radius 3 is 2.43 bits per heavy atom. The van der Waals surface area contributed by atoms with Crippen molar-refractivity contribution in [1.82, 2.24) is 0 Å². The third-order valence-electron chi connectivity index (χ3n) is 1.44. The molecule has 0 aromatic carbocycles. The van der Waals surface area contributed by atoms with E-state index in [0.29, 0.717) is 12.2 Å². The average Bonchev–Trinajstić information content (AvgIpc) is 2.01. The predicted octanol–water partition coefficient (Wildman–Crippen LogP) is 0.731. The molecule has 76 valence electrons. The summed E-state index contributed by atoms with van der Waals surface area (Å²) in [5.74, 6) is -1.41. The number of nitro groups is 1. The summed E-state index contributed by atoms with van der Waals surface area (Å²) in [5.41, 5.74) is -1.42. The molecular formula is C6H3F3N2O3. The van der Waals surface area contributed by atoms with Crippen LogP contribution < -0.4 is 0 Å². The zero-order valence-electron chi connectivity index (χ0n) is 6.49. The molecule has 1 rings (SSSR count). The van der Waals surface area contributed by atoms with Crippen LogP contribution in [0, 0.1) is 10.1 Å². The number of hydrogen-bond acceptors (Lipinski definition) is 3. The molecule has 0 unspecified atom stereocenters. The molecule has 0 aromatic rings. The Hall–Kier alpha value is -1.73. The molecular weight excluding hydrogens is 205 g/mol. The summed E-state index contributed by atoms with van der Waals surface area (Å²) in [4.78, 5) is 22.4. The maximum Gasteiger partial charge on any atom is 0.433 e. The molecule has 0 saturated heterocycles. The van der Waals surface area contributed by atoms with E-state index in [2.05, 4.69) is 4.99 Å². The highest BCUT2D eigenvalue weighted by molar-refractivity contribution is 6.09. The van der Waals surface area contributed by atoms with Gasteiger partial charge in [-0.1, -0.05) is 0 Å². The van der Waals surface area contributed by atoms with E-state index >= 15 is 0 Å². The van der Waals surface area contributed by atoms with Crippen LogP contribution >= 0.6 is 0 Å². The molecule has 14 heavy (non-hydrogen) atoms. The fraction of sp³-hybridized carbons (Fsp3) is 0.333. The van der Waals surface area contributed by atoms with Crippen molar-refractivity contribution in [2.24, 2.45) is 4.99 Å². The van der Waals surface area contributed by atoms with E-state index in [1.54, 1.807) is 0 Å². The van der Waals surface area contributed by atoms with Crippen molar-refractivity contribution in [2.45, 2.75) is 12.2 Å². The molecule has 0 aromatic heterocycles. The molecule has 1 amide bonds. The first-order valence-corrected chi connectivity index (χ1v) is 3.34. The van der Waals surface area contributed by atoms with E-state index in [9.17, 15) is 28.1 Å². The Labute approximate surface area is 75.1 Å². The molecule has 0 fully saturated rings. The highest BCUT2D eigenvalue weighted by Gasteiger charge is 2.40. The van der Waals surface area contributed by atoms with Crippen molar-refractivity contribution < 1.29 is 22.9 Å². The molecule has 1 atom stereocenters. The number of nitrogens with zero attached hydrogens (tertiary/aromatic N) is 2. The molecule has 8 heteroatoms. The van der Waals surface area contributed by atoms with E-state index in [1.165, 1.54) is 0 Å². The third-order valence-corrected chi connectivity index (χ3v) is 1.44. The van der Waals surface area contributed by atoms with Gasteiger partial charge in [-0.3, -0.25) is 14.9 Å². The molecule has 0 bridgehead atoms. The van der Waals surface area contributed by atoms with Gasteiger partial charge in [0.1, 0.15) is 5.71 Å². The molecule has 1 aliphatic heterocycles. The number of allylic oxidation sites excluding steroid dienone is 1. The lowest BCUT2D eigenvalue weighted by Crippen LogP contribution is -2.33. The highest BCUT2D eigenvalue weighted by atomic mass is 19.4. The summed E-state index contributed by atoms with van der Waals surface area (Å²) in [5, 5.41) is 10.1.